The maximum absolute atomic E-state index is 11.1. The van der Waals surface area contributed by atoms with Crippen molar-refractivity contribution in [1.82, 2.24) is 4.57 Å². The molecule has 1 aromatic heterocycles. The van der Waals surface area contributed by atoms with Crippen molar-refractivity contribution in [2.45, 2.75) is 20.4 Å². The van der Waals surface area contributed by atoms with E-state index in [1.165, 1.54) is 19.1 Å². The highest BCUT2D eigenvalue weighted by atomic mass is 16.7. The number of carbonyl (C=O) groups is 1. The topological polar surface area (TPSA) is 86.7 Å². The number of carbonyl (C=O) groups excluding carboxylic acids is 1. The number of nitrogens with zero attached hydrogens (tertiary/aromatic N) is 3. The lowest BCUT2D eigenvalue weighted by Crippen LogP contribution is -2.00. The molecule has 7 nitrogen and oxygen atoms in total. The molecular formula is C19H15N3O4. The van der Waals surface area contributed by atoms with Gasteiger partial charge in [-0.2, -0.15) is 0 Å². The summed E-state index contributed by atoms with van der Waals surface area (Å²) in [5, 5.41) is 16.5. The fourth-order valence-electron chi connectivity index (χ4n) is 2.88. The van der Waals surface area contributed by atoms with Crippen LogP contribution in [0.1, 0.15) is 19.4 Å². The van der Waals surface area contributed by atoms with Crippen molar-refractivity contribution in [3.05, 3.63) is 52.1 Å². The number of aromatic nitrogens is 1. The third-order valence-corrected chi connectivity index (χ3v) is 4.04. The molecule has 3 rings (SSSR count). The number of terminal acetylenes is 1. The lowest BCUT2D eigenvalue weighted by atomic mass is 10.1. The van der Waals surface area contributed by atoms with Gasteiger partial charge in [0.2, 0.25) is 0 Å². The number of fused-ring (bicyclic) bond motifs is 3. The molecule has 0 aliphatic rings. The van der Waals surface area contributed by atoms with Crippen molar-refractivity contribution in [3.63, 3.8) is 0 Å². The van der Waals surface area contributed by atoms with Crippen LogP contribution in [0.2, 0.25) is 0 Å². The third-order valence-electron chi connectivity index (χ3n) is 4.04. The third kappa shape index (κ3) is 3.00. The Hall–Kier alpha value is -3.66. The van der Waals surface area contributed by atoms with E-state index in [2.05, 4.69) is 15.9 Å². The standard InChI is InChI=1S/C19H15N3O4/c1-4-9-21-18-7-5-14(12(2)20-26-13(3)23)10-16(18)17-11-15(22(24)25)6-8-19(17)21/h1,5-8,10-11H,9H2,2-3H3/b20-12+. The number of benzene rings is 2. The predicted molar refractivity (Wildman–Crippen MR) is 98.9 cm³/mol. The minimum Gasteiger partial charge on any atom is -0.329 e. The molecule has 7 heteroatoms. The molecule has 0 amide bonds. The van der Waals surface area contributed by atoms with E-state index in [1.807, 2.05) is 22.8 Å². The first-order valence-electron chi connectivity index (χ1n) is 7.78. The second-order valence-corrected chi connectivity index (χ2v) is 5.74. The zero-order chi connectivity index (χ0) is 18.8. The Morgan fingerprint density at radius 3 is 2.50 bits per heavy atom. The summed E-state index contributed by atoms with van der Waals surface area (Å²) < 4.78 is 1.93. The molecule has 0 N–H and O–H groups in total. The Bertz CT molecular complexity index is 1120. The first-order valence-corrected chi connectivity index (χ1v) is 7.78. The van der Waals surface area contributed by atoms with Crippen LogP contribution < -0.4 is 0 Å². The van der Waals surface area contributed by atoms with E-state index < -0.39 is 10.9 Å². The molecule has 0 atom stereocenters. The van der Waals surface area contributed by atoms with Gasteiger partial charge in [0.15, 0.2) is 0 Å². The summed E-state index contributed by atoms with van der Waals surface area (Å²) in [5.41, 5.74) is 2.95. The summed E-state index contributed by atoms with van der Waals surface area (Å²) in [6, 6.07) is 10.3. The second kappa shape index (κ2) is 6.69. The number of hydrogen-bond donors (Lipinski definition) is 0. The molecule has 2 aromatic carbocycles. The van der Waals surface area contributed by atoms with E-state index in [-0.39, 0.29) is 5.69 Å². The quantitative estimate of drug-likeness (QED) is 0.237. The number of rotatable bonds is 4. The van der Waals surface area contributed by atoms with Crippen LogP contribution >= 0.6 is 0 Å². The molecule has 0 bridgehead atoms. The minimum atomic E-state index is -0.508. The maximum atomic E-state index is 11.1. The van der Waals surface area contributed by atoms with Crippen molar-refractivity contribution in [2.24, 2.45) is 5.16 Å². The van der Waals surface area contributed by atoms with Crippen molar-refractivity contribution in [1.29, 1.82) is 0 Å². The van der Waals surface area contributed by atoms with E-state index in [9.17, 15) is 14.9 Å². The van der Waals surface area contributed by atoms with Crippen molar-refractivity contribution < 1.29 is 14.6 Å². The van der Waals surface area contributed by atoms with E-state index >= 15 is 0 Å². The Labute approximate surface area is 149 Å². The molecule has 0 aliphatic heterocycles. The first-order chi connectivity index (χ1) is 12.4. The minimum absolute atomic E-state index is 0.00737. The van der Waals surface area contributed by atoms with Crippen molar-refractivity contribution >= 4 is 39.2 Å². The predicted octanol–water partition coefficient (Wildman–Crippen LogP) is 3.62. The van der Waals surface area contributed by atoms with Crippen LogP contribution in [0.25, 0.3) is 21.8 Å². The molecule has 0 saturated heterocycles. The van der Waals surface area contributed by atoms with Gasteiger partial charge >= 0.3 is 5.97 Å². The highest BCUT2D eigenvalue weighted by Crippen LogP contribution is 2.32. The van der Waals surface area contributed by atoms with Gasteiger partial charge in [0, 0.05) is 29.8 Å². The van der Waals surface area contributed by atoms with Crippen molar-refractivity contribution in [2.75, 3.05) is 0 Å². The molecule has 0 unspecified atom stereocenters. The van der Waals surface area contributed by atoms with Gasteiger partial charge in [0.1, 0.15) is 0 Å². The summed E-state index contributed by atoms with van der Waals surface area (Å²) in [7, 11) is 0. The van der Waals surface area contributed by atoms with E-state index in [0.29, 0.717) is 12.3 Å². The van der Waals surface area contributed by atoms with Gasteiger partial charge in [-0.15, -0.1) is 6.42 Å². The first kappa shape index (κ1) is 17.2. The normalized spacial score (nSPS) is 11.5. The van der Waals surface area contributed by atoms with Gasteiger partial charge in [-0.25, -0.2) is 4.79 Å². The van der Waals surface area contributed by atoms with Crippen LogP contribution in [0.3, 0.4) is 0 Å². The molecule has 0 spiro atoms. The van der Waals surface area contributed by atoms with Gasteiger partial charge < -0.3 is 9.40 Å². The number of nitro groups is 1. The van der Waals surface area contributed by atoms with Crippen LogP contribution in [0.4, 0.5) is 5.69 Å². The highest BCUT2D eigenvalue weighted by molar-refractivity contribution is 6.12. The number of nitro benzene ring substituents is 1. The smallest absolute Gasteiger partial charge is 0.329 e. The number of oxime groups is 1. The Balaban J connectivity index is 2.27. The van der Waals surface area contributed by atoms with Crippen molar-refractivity contribution in [3.8, 4) is 12.3 Å². The molecule has 0 fully saturated rings. The summed E-state index contributed by atoms with van der Waals surface area (Å²) in [6.07, 6.45) is 5.48. The summed E-state index contributed by atoms with van der Waals surface area (Å²) in [5.74, 6) is 2.10. The van der Waals surface area contributed by atoms with E-state index in [1.54, 1.807) is 13.0 Å². The van der Waals surface area contributed by atoms with Gasteiger partial charge in [-0.1, -0.05) is 17.1 Å². The molecule has 0 radical (unpaired) electrons. The maximum Gasteiger partial charge on any atom is 0.331 e. The van der Waals surface area contributed by atoms with Crippen LogP contribution in [0, 0.1) is 22.5 Å². The summed E-state index contributed by atoms with van der Waals surface area (Å²) >= 11 is 0. The van der Waals surface area contributed by atoms with Crippen LogP contribution in [-0.4, -0.2) is 21.2 Å². The monoisotopic (exact) mass is 349 g/mol. The molecule has 130 valence electrons. The molecular weight excluding hydrogens is 334 g/mol. The van der Waals surface area contributed by atoms with Gasteiger partial charge in [0.25, 0.3) is 5.69 Å². The lowest BCUT2D eigenvalue weighted by Gasteiger charge is -2.04. The van der Waals surface area contributed by atoms with Crippen LogP contribution in [0.15, 0.2) is 41.6 Å². The van der Waals surface area contributed by atoms with Crippen LogP contribution in [-0.2, 0) is 16.2 Å². The Morgan fingerprint density at radius 1 is 1.23 bits per heavy atom. The fraction of sp³-hybridized carbons (Fsp3) is 0.158. The molecule has 0 saturated carbocycles. The fourth-order valence-corrected chi connectivity index (χ4v) is 2.88. The summed E-state index contributed by atoms with van der Waals surface area (Å²) in [6.45, 7) is 3.33. The second-order valence-electron chi connectivity index (χ2n) is 5.74. The molecule has 0 aliphatic carbocycles. The van der Waals surface area contributed by atoms with Gasteiger partial charge in [-0.3, -0.25) is 10.1 Å². The van der Waals surface area contributed by atoms with Gasteiger partial charge in [0.05, 0.1) is 28.2 Å². The molecule has 26 heavy (non-hydrogen) atoms. The molecule has 1 heterocycles. The van der Waals surface area contributed by atoms with Crippen LogP contribution in [0.5, 0.6) is 0 Å². The lowest BCUT2D eigenvalue weighted by molar-refractivity contribution is -0.384. The average Bonchev–Trinajstić information content (AvgIpc) is 2.92. The number of hydrogen-bond acceptors (Lipinski definition) is 5. The number of non-ortho nitro benzene ring substituents is 1. The SMILES string of the molecule is C#CCn1c2ccc(/C(C)=N/OC(C)=O)cc2c2cc([N+](=O)[O-])ccc21. The largest absolute Gasteiger partial charge is 0.331 e. The zero-order valence-corrected chi connectivity index (χ0v) is 14.2. The average molecular weight is 349 g/mol. The highest BCUT2D eigenvalue weighted by Gasteiger charge is 2.15. The van der Waals surface area contributed by atoms with Gasteiger partial charge in [-0.05, 0) is 30.7 Å². The zero-order valence-electron chi connectivity index (χ0n) is 14.2. The summed E-state index contributed by atoms with van der Waals surface area (Å²) in [4.78, 5) is 26.3. The Morgan fingerprint density at radius 2 is 1.88 bits per heavy atom. The van der Waals surface area contributed by atoms with E-state index in [0.717, 1.165) is 27.4 Å². The Kier molecular flexibility index (Phi) is 4.42. The van der Waals surface area contributed by atoms with E-state index in [4.69, 9.17) is 6.42 Å². The molecule has 3 aromatic rings.